The largest absolute Gasteiger partial charge is 0.493 e. The lowest BCUT2D eigenvalue weighted by molar-refractivity contribution is 0.294. The molecule has 106 valence electrons. The van der Waals surface area contributed by atoms with Crippen LogP contribution in [-0.4, -0.2) is 40.6 Å². The number of aromatic amines is 1. The van der Waals surface area contributed by atoms with Crippen molar-refractivity contribution >= 4 is 12.2 Å². The van der Waals surface area contributed by atoms with Gasteiger partial charge in [-0.1, -0.05) is 12.0 Å². The number of aromatic nitrogens is 4. The molecule has 0 radical (unpaired) electrons. The van der Waals surface area contributed by atoms with Crippen molar-refractivity contribution in [1.29, 1.82) is 0 Å². The maximum absolute atomic E-state index is 5.58. The Morgan fingerprint density at radius 1 is 1.40 bits per heavy atom. The molecule has 0 aliphatic rings. The van der Waals surface area contributed by atoms with E-state index in [2.05, 4.69) is 38.1 Å². The Hall–Kier alpha value is -2.64. The topological polar surface area (TPSA) is 97.3 Å². The summed E-state index contributed by atoms with van der Waals surface area (Å²) in [6, 6.07) is 5.57. The highest BCUT2D eigenvalue weighted by Crippen LogP contribution is 2.27. The molecule has 0 fully saturated rings. The molecular weight excluding hydrogens is 260 g/mol. The van der Waals surface area contributed by atoms with E-state index in [1.165, 1.54) is 0 Å². The number of hydrogen-bond donors (Lipinski definition) is 2. The Kier molecular flexibility index (Phi) is 4.87. The molecule has 0 amide bonds. The zero-order valence-corrected chi connectivity index (χ0v) is 11.3. The fourth-order valence-corrected chi connectivity index (χ4v) is 1.47. The van der Waals surface area contributed by atoms with Crippen LogP contribution in [0, 0.1) is 0 Å². The number of methoxy groups -OCH3 is 1. The predicted octanol–water partition coefficient (Wildman–Crippen LogP) is 1.44. The molecule has 0 spiro atoms. The van der Waals surface area contributed by atoms with Gasteiger partial charge < -0.3 is 9.47 Å². The van der Waals surface area contributed by atoms with Crippen LogP contribution in [0.2, 0.25) is 0 Å². The number of ether oxygens (including phenoxy) is 2. The average molecular weight is 276 g/mol. The van der Waals surface area contributed by atoms with Crippen LogP contribution in [0.1, 0.15) is 18.9 Å². The minimum atomic E-state index is 0.302. The molecule has 0 bridgehead atoms. The van der Waals surface area contributed by atoms with E-state index in [0.29, 0.717) is 18.3 Å². The third-order valence-electron chi connectivity index (χ3n) is 2.37. The third-order valence-corrected chi connectivity index (χ3v) is 2.37. The Balaban J connectivity index is 2.03. The van der Waals surface area contributed by atoms with Crippen molar-refractivity contribution in [2.45, 2.75) is 13.3 Å². The van der Waals surface area contributed by atoms with Gasteiger partial charge in [-0.15, -0.1) is 5.10 Å². The van der Waals surface area contributed by atoms with E-state index >= 15 is 0 Å². The summed E-state index contributed by atoms with van der Waals surface area (Å²) in [4.78, 5) is 0. The standard InChI is InChI=1S/C12H16N6O2/c1-3-6-20-10-5-4-9(7-11(10)19-2)8-13-14-12-15-17-18-16-12/h4-5,7-8H,3,6H2,1-2H3,(H2,14,15,16,17,18). The summed E-state index contributed by atoms with van der Waals surface area (Å²) in [5.41, 5.74) is 3.50. The van der Waals surface area contributed by atoms with Gasteiger partial charge in [0, 0.05) is 0 Å². The van der Waals surface area contributed by atoms with Crippen molar-refractivity contribution in [3.8, 4) is 11.5 Å². The first kappa shape index (κ1) is 13.8. The molecule has 2 aromatic rings. The normalized spacial score (nSPS) is 10.7. The van der Waals surface area contributed by atoms with Gasteiger partial charge in [-0.3, -0.25) is 0 Å². The van der Waals surface area contributed by atoms with Crippen LogP contribution in [-0.2, 0) is 0 Å². The number of anilines is 1. The predicted molar refractivity (Wildman–Crippen MR) is 74.2 cm³/mol. The van der Waals surface area contributed by atoms with Gasteiger partial charge in [0.2, 0.25) is 0 Å². The monoisotopic (exact) mass is 276 g/mol. The van der Waals surface area contributed by atoms with Gasteiger partial charge >= 0.3 is 0 Å². The first-order valence-corrected chi connectivity index (χ1v) is 6.17. The van der Waals surface area contributed by atoms with E-state index in [0.717, 1.165) is 17.7 Å². The fourth-order valence-electron chi connectivity index (χ4n) is 1.47. The maximum Gasteiger partial charge on any atom is 0.283 e. The van der Waals surface area contributed by atoms with E-state index in [-0.39, 0.29) is 0 Å². The van der Waals surface area contributed by atoms with Crippen LogP contribution < -0.4 is 14.9 Å². The molecule has 0 aliphatic carbocycles. The van der Waals surface area contributed by atoms with Crippen LogP contribution in [0.25, 0.3) is 0 Å². The summed E-state index contributed by atoms with van der Waals surface area (Å²) in [5, 5.41) is 17.1. The number of nitrogens with one attached hydrogen (secondary N) is 2. The SMILES string of the molecule is CCCOc1ccc(C=NNc2nn[nH]n2)cc1OC. The Morgan fingerprint density at radius 2 is 2.30 bits per heavy atom. The highest BCUT2D eigenvalue weighted by molar-refractivity contribution is 5.81. The van der Waals surface area contributed by atoms with Gasteiger partial charge in [0.1, 0.15) is 0 Å². The molecule has 2 rings (SSSR count). The Bertz CT molecular complexity index is 555. The zero-order chi connectivity index (χ0) is 14.2. The number of nitrogens with zero attached hydrogens (tertiary/aromatic N) is 4. The summed E-state index contributed by atoms with van der Waals surface area (Å²) in [6.45, 7) is 2.71. The van der Waals surface area contributed by atoms with Crippen molar-refractivity contribution < 1.29 is 9.47 Å². The van der Waals surface area contributed by atoms with E-state index in [9.17, 15) is 0 Å². The first-order chi connectivity index (χ1) is 9.83. The quantitative estimate of drug-likeness (QED) is 0.586. The third kappa shape index (κ3) is 3.67. The summed E-state index contributed by atoms with van der Waals surface area (Å²) in [6.07, 6.45) is 2.57. The molecule has 0 saturated heterocycles. The second kappa shape index (κ2) is 7.07. The molecule has 1 heterocycles. The molecular formula is C12H16N6O2. The highest BCUT2D eigenvalue weighted by Gasteiger charge is 2.04. The van der Waals surface area contributed by atoms with Gasteiger partial charge in [-0.05, 0) is 35.4 Å². The smallest absolute Gasteiger partial charge is 0.283 e. The van der Waals surface area contributed by atoms with Crippen LogP contribution in [0.3, 0.4) is 0 Å². The maximum atomic E-state index is 5.58. The Labute approximate surface area is 116 Å². The number of H-pyrrole nitrogens is 1. The molecule has 8 heteroatoms. The lowest BCUT2D eigenvalue weighted by Crippen LogP contribution is -1.99. The van der Waals surface area contributed by atoms with E-state index < -0.39 is 0 Å². The van der Waals surface area contributed by atoms with Gasteiger partial charge in [0.25, 0.3) is 5.95 Å². The number of rotatable bonds is 7. The minimum Gasteiger partial charge on any atom is -0.493 e. The van der Waals surface area contributed by atoms with Crippen LogP contribution in [0.5, 0.6) is 11.5 Å². The molecule has 0 saturated carbocycles. The first-order valence-electron chi connectivity index (χ1n) is 6.17. The molecule has 0 unspecified atom stereocenters. The highest BCUT2D eigenvalue weighted by atomic mass is 16.5. The minimum absolute atomic E-state index is 0.302. The van der Waals surface area contributed by atoms with Crippen molar-refractivity contribution in [3.05, 3.63) is 23.8 Å². The molecule has 2 N–H and O–H groups in total. The summed E-state index contributed by atoms with van der Waals surface area (Å²) in [5.74, 6) is 1.69. The molecule has 8 nitrogen and oxygen atoms in total. The Morgan fingerprint density at radius 3 is 3.00 bits per heavy atom. The van der Waals surface area contributed by atoms with Gasteiger partial charge in [0.05, 0.1) is 19.9 Å². The van der Waals surface area contributed by atoms with Crippen molar-refractivity contribution in [3.63, 3.8) is 0 Å². The lowest BCUT2D eigenvalue weighted by atomic mass is 10.2. The van der Waals surface area contributed by atoms with Crippen molar-refractivity contribution in [2.75, 3.05) is 19.1 Å². The van der Waals surface area contributed by atoms with E-state index in [1.807, 2.05) is 18.2 Å². The number of benzene rings is 1. The second-order valence-electron chi connectivity index (χ2n) is 3.86. The van der Waals surface area contributed by atoms with Crippen molar-refractivity contribution in [2.24, 2.45) is 5.10 Å². The zero-order valence-electron chi connectivity index (χ0n) is 11.3. The van der Waals surface area contributed by atoms with Gasteiger partial charge in [-0.25, -0.2) is 5.43 Å². The average Bonchev–Trinajstić information content (AvgIpc) is 2.99. The molecule has 0 atom stereocenters. The number of hydrazone groups is 1. The van der Waals surface area contributed by atoms with Crippen LogP contribution in [0.4, 0.5) is 5.95 Å². The number of hydrogen-bond acceptors (Lipinski definition) is 7. The molecule has 1 aromatic carbocycles. The number of tetrazole rings is 1. The van der Waals surface area contributed by atoms with Crippen LogP contribution in [0.15, 0.2) is 23.3 Å². The molecule has 1 aromatic heterocycles. The van der Waals surface area contributed by atoms with Gasteiger partial charge in [0.15, 0.2) is 11.5 Å². The second-order valence-corrected chi connectivity index (χ2v) is 3.86. The van der Waals surface area contributed by atoms with Crippen LogP contribution >= 0.6 is 0 Å². The molecule has 20 heavy (non-hydrogen) atoms. The lowest BCUT2D eigenvalue weighted by Gasteiger charge is -2.10. The van der Waals surface area contributed by atoms with E-state index in [1.54, 1.807) is 13.3 Å². The van der Waals surface area contributed by atoms with Crippen molar-refractivity contribution in [1.82, 2.24) is 20.6 Å². The molecule has 0 aliphatic heterocycles. The summed E-state index contributed by atoms with van der Waals surface area (Å²) >= 11 is 0. The van der Waals surface area contributed by atoms with E-state index in [4.69, 9.17) is 9.47 Å². The fraction of sp³-hybridized carbons (Fsp3) is 0.333. The summed E-state index contributed by atoms with van der Waals surface area (Å²) < 4.78 is 10.9. The van der Waals surface area contributed by atoms with Gasteiger partial charge in [-0.2, -0.15) is 10.3 Å². The summed E-state index contributed by atoms with van der Waals surface area (Å²) in [7, 11) is 1.60.